The highest BCUT2D eigenvalue weighted by molar-refractivity contribution is 5.77. The summed E-state index contributed by atoms with van der Waals surface area (Å²) < 4.78 is 11.1. The molecule has 22 heavy (non-hydrogen) atoms. The van der Waals surface area contributed by atoms with Crippen LogP contribution in [0.4, 0.5) is 0 Å². The van der Waals surface area contributed by atoms with Gasteiger partial charge in [-0.1, -0.05) is 42.4 Å². The molecule has 0 spiro atoms. The van der Waals surface area contributed by atoms with Gasteiger partial charge in [-0.2, -0.15) is 0 Å². The van der Waals surface area contributed by atoms with Crippen molar-refractivity contribution in [3.8, 4) is 22.7 Å². The molecule has 1 aromatic carbocycles. The molecule has 0 fully saturated rings. The second-order valence-corrected chi connectivity index (χ2v) is 5.16. The molecule has 0 aliphatic rings. The molecule has 0 aliphatic carbocycles. The summed E-state index contributed by atoms with van der Waals surface area (Å²) in [5.74, 6) is 1.69. The van der Waals surface area contributed by atoms with Crippen molar-refractivity contribution in [2.24, 2.45) is 0 Å². The lowest BCUT2D eigenvalue weighted by Gasteiger charge is -2.09. The minimum atomic E-state index is 0.442. The van der Waals surface area contributed by atoms with Crippen molar-refractivity contribution < 1.29 is 8.94 Å². The Hall–Kier alpha value is -2.47. The van der Waals surface area contributed by atoms with Gasteiger partial charge in [0.25, 0.3) is 5.89 Å². The number of rotatable bonds is 5. The van der Waals surface area contributed by atoms with Crippen molar-refractivity contribution in [2.45, 2.75) is 20.4 Å². The van der Waals surface area contributed by atoms with E-state index in [0.717, 1.165) is 23.4 Å². The van der Waals surface area contributed by atoms with Gasteiger partial charge in [0.05, 0.1) is 6.54 Å². The molecular weight excluding hydrogens is 280 g/mol. The fourth-order valence-corrected chi connectivity index (χ4v) is 2.18. The highest BCUT2D eigenvalue weighted by atomic mass is 16.5. The highest BCUT2D eigenvalue weighted by Gasteiger charge is 2.21. The topological polar surface area (TPSA) is 68.2 Å². The summed E-state index contributed by atoms with van der Waals surface area (Å²) in [7, 11) is 2.00. The van der Waals surface area contributed by atoms with E-state index in [9.17, 15) is 0 Å². The smallest absolute Gasteiger partial charge is 0.253 e. The van der Waals surface area contributed by atoms with Gasteiger partial charge in [0.1, 0.15) is 17.0 Å². The zero-order valence-corrected chi connectivity index (χ0v) is 12.9. The lowest BCUT2D eigenvalue weighted by atomic mass is 10.1. The first-order valence-electron chi connectivity index (χ1n) is 7.22. The van der Waals surface area contributed by atoms with E-state index in [1.807, 2.05) is 44.3 Å². The van der Waals surface area contributed by atoms with E-state index in [4.69, 9.17) is 8.94 Å². The van der Waals surface area contributed by atoms with Crippen LogP contribution in [0.25, 0.3) is 22.7 Å². The van der Waals surface area contributed by atoms with E-state index in [1.54, 1.807) is 0 Å². The van der Waals surface area contributed by atoms with E-state index in [-0.39, 0.29) is 0 Å². The van der Waals surface area contributed by atoms with Crippen LogP contribution in [0.3, 0.4) is 0 Å². The SMILES string of the molecule is CCN(C)Cc1nnc(-c2c(-c3ccccc3)noc2C)o1. The van der Waals surface area contributed by atoms with E-state index >= 15 is 0 Å². The maximum absolute atomic E-state index is 5.78. The fourth-order valence-electron chi connectivity index (χ4n) is 2.18. The summed E-state index contributed by atoms with van der Waals surface area (Å²) in [5, 5.41) is 12.4. The van der Waals surface area contributed by atoms with Crippen LogP contribution >= 0.6 is 0 Å². The lowest BCUT2D eigenvalue weighted by molar-refractivity contribution is 0.304. The quantitative estimate of drug-likeness (QED) is 0.720. The number of aryl methyl sites for hydroxylation is 1. The molecule has 0 atom stereocenters. The molecule has 3 aromatic rings. The molecular formula is C16H18N4O2. The van der Waals surface area contributed by atoms with Crippen molar-refractivity contribution in [2.75, 3.05) is 13.6 Å². The Morgan fingerprint density at radius 1 is 1.14 bits per heavy atom. The summed E-state index contributed by atoms with van der Waals surface area (Å²) in [6.07, 6.45) is 0. The first kappa shape index (κ1) is 14.5. The predicted molar refractivity (Wildman–Crippen MR) is 82.0 cm³/mol. The van der Waals surface area contributed by atoms with Gasteiger partial charge < -0.3 is 8.94 Å². The Morgan fingerprint density at radius 2 is 1.91 bits per heavy atom. The number of aromatic nitrogens is 3. The monoisotopic (exact) mass is 298 g/mol. The summed E-state index contributed by atoms with van der Waals surface area (Å²) in [6, 6.07) is 9.82. The molecule has 0 aliphatic heterocycles. The molecule has 0 radical (unpaired) electrons. The zero-order valence-electron chi connectivity index (χ0n) is 12.9. The van der Waals surface area contributed by atoms with Crippen LogP contribution in [-0.2, 0) is 6.54 Å². The van der Waals surface area contributed by atoms with Crippen molar-refractivity contribution >= 4 is 0 Å². The van der Waals surface area contributed by atoms with Gasteiger partial charge in [-0.05, 0) is 20.5 Å². The van der Waals surface area contributed by atoms with Gasteiger partial charge in [-0.25, -0.2) is 0 Å². The van der Waals surface area contributed by atoms with Gasteiger partial charge in [0, 0.05) is 5.56 Å². The van der Waals surface area contributed by atoms with Crippen LogP contribution in [0.15, 0.2) is 39.3 Å². The third-order valence-corrected chi connectivity index (χ3v) is 3.54. The van der Waals surface area contributed by atoms with Crippen LogP contribution < -0.4 is 0 Å². The maximum Gasteiger partial charge on any atom is 0.253 e. The number of hydrogen-bond donors (Lipinski definition) is 0. The normalized spacial score (nSPS) is 11.3. The molecule has 0 amide bonds. The second kappa shape index (κ2) is 6.11. The third-order valence-electron chi connectivity index (χ3n) is 3.54. The molecule has 3 rings (SSSR count). The fraction of sp³-hybridized carbons (Fsp3) is 0.312. The largest absolute Gasteiger partial charge is 0.419 e. The highest BCUT2D eigenvalue weighted by Crippen LogP contribution is 2.33. The van der Waals surface area contributed by atoms with E-state index in [1.165, 1.54) is 0 Å². The summed E-state index contributed by atoms with van der Waals surface area (Å²) in [5.41, 5.74) is 2.43. The van der Waals surface area contributed by atoms with Crippen LogP contribution in [0.2, 0.25) is 0 Å². The van der Waals surface area contributed by atoms with Gasteiger partial charge in [0.2, 0.25) is 5.89 Å². The Morgan fingerprint density at radius 3 is 2.64 bits per heavy atom. The average Bonchev–Trinajstić information content (AvgIpc) is 3.14. The molecule has 6 nitrogen and oxygen atoms in total. The van der Waals surface area contributed by atoms with Gasteiger partial charge in [-0.3, -0.25) is 4.90 Å². The average molecular weight is 298 g/mol. The molecule has 0 bridgehead atoms. The Kier molecular flexibility index (Phi) is 4.02. The lowest BCUT2D eigenvalue weighted by Crippen LogP contribution is -2.16. The molecule has 0 unspecified atom stereocenters. The standard InChI is InChI=1S/C16H18N4O2/c1-4-20(3)10-13-17-18-16(21-13)14-11(2)22-19-15(14)12-8-6-5-7-9-12/h5-9H,4,10H2,1-3H3. The Bertz CT molecular complexity index is 749. The van der Waals surface area contributed by atoms with E-state index in [0.29, 0.717) is 24.1 Å². The molecule has 0 N–H and O–H groups in total. The van der Waals surface area contributed by atoms with Crippen LogP contribution in [0.1, 0.15) is 18.6 Å². The van der Waals surface area contributed by atoms with Crippen molar-refractivity contribution in [3.05, 3.63) is 42.0 Å². The van der Waals surface area contributed by atoms with Crippen molar-refractivity contribution in [1.29, 1.82) is 0 Å². The molecule has 6 heteroatoms. The van der Waals surface area contributed by atoms with Crippen LogP contribution in [-0.4, -0.2) is 33.8 Å². The summed E-state index contributed by atoms with van der Waals surface area (Å²) >= 11 is 0. The van der Waals surface area contributed by atoms with Gasteiger partial charge in [0.15, 0.2) is 0 Å². The Labute approximate surface area is 128 Å². The summed E-state index contributed by atoms with van der Waals surface area (Å²) in [4.78, 5) is 2.09. The van der Waals surface area contributed by atoms with E-state index in [2.05, 4.69) is 27.2 Å². The minimum Gasteiger partial charge on any atom is -0.419 e. The van der Waals surface area contributed by atoms with Crippen LogP contribution in [0.5, 0.6) is 0 Å². The van der Waals surface area contributed by atoms with Crippen molar-refractivity contribution in [1.82, 2.24) is 20.3 Å². The summed E-state index contributed by atoms with van der Waals surface area (Å²) in [6.45, 7) is 5.46. The van der Waals surface area contributed by atoms with Crippen LogP contribution in [0, 0.1) is 6.92 Å². The third kappa shape index (κ3) is 2.78. The number of hydrogen-bond acceptors (Lipinski definition) is 6. The molecule has 0 saturated carbocycles. The van der Waals surface area contributed by atoms with Gasteiger partial charge in [-0.15, -0.1) is 10.2 Å². The molecule has 114 valence electrons. The predicted octanol–water partition coefficient (Wildman–Crippen LogP) is 3.15. The second-order valence-electron chi connectivity index (χ2n) is 5.16. The molecule has 2 heterocycles. The minimum absolute atomic E-state index is 0.442. The number of benzene rings is 1. The van der Waals surface area contributed by atoms with Crippen molar-refractivity contribution in [3.63, 3.8) is 0 Å². The number of nitrogens with zero attached hydrogens (tertiary/aromatic N) is 4. The van der Waals surface area contributed by atoms with Gasteiger partial charge >= 0.3 is 0 Å². The Balaban J connectivity index is 1.97. The first-order valence-corrected chi connectivity index (χ1v) is 7.22. The molecule has 0 saturated heterocycles. The maximum atomic E-state index is 5.78. The zero-order chi connectivity index (χ0) is 15.5. The van der Waals surface area contributed by atoms with E-state index < -0.39 is 0 Å². The first-order chi connectivity index (χ1) is 10.7. The molecule has 2 aromatic heterocycles.